The minimum Gasteiger partial charge on any atom is -0.455 e. The highest BCUT2D eigenvalue weighted by molar-refractivity contribution is 7.80. The molecule has 0 saturated carbocycles. The number of rotatable bonds is 9. The summed E-state index contributed by atoms with van der Waals surface area (Å²) in [6.07, 6.45) is 4.04. The first-order chi connectivity index (χ1) is 10.1. The first kappa shape index (κ1) is 17.6. The van der Waals surface area contributed by atoms with E-state index in [-0.39, 0.29) is 5.97 Å². The number of carbonyl (C=O) groups excluding carboxylic acids is 1. The summed E-state index contributed by atoms with van der Waals surface area (Å²) < 4.78 is 5.23. The Bertz CT molecular complexity index is 434. The third-order valence-electron chi connectivity index (χ3n) is 3.11. The van der Waals surface area contributed by atoms with Gasteiger partial charge in [-0.2, -0.15) is 0 Å². The van der Waals surface area contributed by atoms with Gasteiger partial charge in [0.05, 0.1) is 0 Å². The van der Waals surface area contributed by atoms with E-state index in [4.69, 9.17) is 17.0 Å². The van der Waals surface area contributed by atoms with Crippen molar-refractivity contribution in [3.05, 3.63) is 42.8 Å². The van der Waals surface area contributed by atoms with Crippen LogP contribution in [0.5, 0.6) is 0 Å². The van der Waals surface area contributed by atoms with E-state index in [2.05, 4.69) is 19.2 Å². The van der Waals surface area contributed by atoms with E-state index < -0.39 is 6.10 Å². The Balaban J connectivity index is 2.22. The Hall–Kier alpha value is -1.42. The lowest BCUT2D eigenvalue weighted by atomic mass is 10.1. The molecule has 1 N–H and O–H groups in total. The van der Waals surface area contributed by atoms with Gasteiger partial charge in [0.25, 0.3) is 0 Å². The molecule has 0 aromatic heterocycles. The van der Waals surface area contributed by atoms with E-state index in [9.17, 15) is 4.79 Å². The molecule has 1 aromatic rings. The van der Waals surface area contributed by atoms with Gasteiger partial charge < -0.3 is 10.1 Å². The Labute approximate surface area is 133 Å². The molecule has 0 amide bonds. The van der Waals surface area contributed by atoms with E-state index in [1.54, 1.807) is 0 Å². The molecule has 3 nitrogen and oxygen atoms in total. The maximum atomic E-state index is 11.6. The Kier molecular flexibility index (Phi) is 8.67. The fraction of sp³-hybridized carbons (Fsp3) is 0.471. The average molecular weight is 306 g/mol. The van der Waals surface area contributed by atoms with Crippen molar-refractivity contribution in [2.45, 2.75) is 51.7 Å². The van der Waals surface area contributed by atoms with Crippen molar-refractivity contribution in [1.82, 2.24) is 5.32 Å². The van der Waals surface area contributed by atoms with Crippen LogP contribution in [0.4, 0.5) is 0 Å². The Morgan fingerprint density at radius 1 is 1.29 bits per heavy atom. The van der Waals surface area contributed by atoms with Crippen LogP contribution in [0, 0.1) is 6.92 Å². The number of hydrogen-bond acceptors (Lipinski definition) is 3. The molecule has 0 bridgehead atoms. The van der Waals surface area contributed by atoms with Gasteiger partial charge in [0.2, 0.25) is 0 Å². The molecule has 21 heavy (non-hydrogen) atoms. The van der Waals surface area contributed by atoms with Crippen molar-refractivity contribution in [2.75, 3.05) is 0 Å². The molecule has 0 aliphatic heterocycles. The van der Waals surface area contributed by atoms with Crippen molar-refractivity contribution in [3.8, 4) is 0 Å². The molecule has 115 valence electrons. The Morgan fingerprint density at radius 2 is 2.00 bits per heavy atom. The summed E-state index contributed by atoms with van der Waals surface area (Å²) in [4.78, 5) is 12.1. The van der Waals surface area contributed by atoms with Crippen LogP contribution in [0.15, 0.2) is 30.3 Å². The third kappa shape index (κ3) is 7.81. The number of carbonyl (C=O) groups is 1. The smallest absolute Gasteiger partial charge is 0.306 e. The van der Waals surface area contributed by atoms with Gasteiger partial charge in [0, 0.05) is 13.0 Å². The predicted octanol–water partition coefficient (Wildman–Crippen LogP) is 3.82. The number of ether oxygens (including phenoxy) is 1. The summed E-state index contributed by atoms with van der Waals surface area (Å²) in [5.74, 6) is -0.227. The van der Waals surface area contributed by atoms with Crippen LogP contribution < -0.4 is 5.32 Å². The largest absolute Gasteiger partial charge is 0.455 e. The zero-order valence-corrected chi connectivity index (χ0v) is 13.5. The fourth-order valence-corrected chi connectivity index (χ4v) is 1.99. The third-order valence-corrected chi connectivity index (χ3v) is 3.52. The van der Waals surface area contributed by atoms with Crippen LogP contribution in [0.25, 0.3) is 0 Å². The minimum atomic E-state index is -0.623. The quantitative estimate of drug-likeness (QED) is 0.427. The van der Waals surface area contributed by atoms with Crippen LogP contribution >= 0.6 is 12.2 Å². The first-order valence-electron chi connectivity index (χ1n) is 7.47. The molecular formula is C17H24NO2S. The summed E-state index contributed by atoms with van der Waals surface area (Å²) in [6, 6.07) is 9.92. The molecule has 1 unspecified atom stereocenters. The molecule has 1 aromatic carbocycles. The number of benzene rings is 1. The van der Waals surface area contributed by atoms with Crippen LogP contribution in [-0.4, -0.2) is 17.1 Å². The van der Waals surface area contributed by atoms with Gasteiger partial charge >= 0.3 is 5.97 Å². The molecule has 0 aliphatic rings. The minimum absolute atomic E-state index is 0.227. The molecule has 0 heterocycles. The summed E-state index contributed by atoms with van der Waals surface area (Å²) >= 11 is 5.20. The van der Waals surface area contributed by atoms with Crippen molar-refractivity contribution in [1.29, 1.82) is 0 Å². The normalized spacial score (nSPS) is 11.7. The molecule has 0 aliphatic carbocycles. The molecule has 1 atom stereocenters. The van der Waals surface area contributed by atoms with Gasteiger partial charge in [0.1, 0.15) is 4.99 Å². The first-order valence-corrected chi connectivity index (χ1v) is 7.88. The fourth-order valence-electron chi connectivity index (χ4n) is 1.87. The van der Waals surface area contributed by atoms with Crippen molar-refractivity contribution in [3.63, 3.8) is 0 Å². The van der Waals surface area contributed by atoms with Crippen molar-refractivity contribution < 1.29 is 9.53 Å². The zero-order valence-electron chi connectivity index (χ0n) is 12.6. The highest BCUT2D eigenvalue weighted by Crippen LogP contribution is 2.05. The lowest BCUT2D eigenvalue weighted by Gasteiger charge is -2.16. The number of hydrogen-bond donors (Lipinski definition) is 1. The van der Waals surface area contributed by atoms with Crippen LogP contribution in [0.2, 0.25) is 0 Å². The standard InChI is InChI=1S/C17H24NO2S/c1-3-4-5-9-12-16(19)20-14(2)17(21)18-13-15-10-7-6-8-11-15/h6-8,10-11,14H,2-5,9,12-13H2,1H3,(H,18,21). The summed E-state index contributed by atoms with van der Waals surface area (Å²) in [6.45, 7) is 6.54. The zero-order chi connectivity index (χ0) is 15.5. The number of thiocarbonyl (C=S) groups is 1. The molecule has 1 rings (SSSR count). The second kappa shape index (κ2) is 10.3. The van der Waals surface area contributed by atoms with Crippen molar-refractivity contribution >= 4 is 23.2 Å². The maximum Gasteiger partial charge on any atom is 0.306 e. The highest BCUT2D eigenvalue weighted by atomic mass is 32.1. The summed E-state index contributed by atoms with van der Waals surface area (Å²) in [5, 5.41) is 3.07. The lowest BCUT2D eigenvalue weighted by Crippen LogP contribution is -2.34. The summed E-state index contributed by atoms with van der Waals surface area (Å²) in [5.41, 5.74) is 1.12. The predicted molar refractivity (Wildman–Crippen MR) is 89.9 cm³/mol. The van der Waals surface area contributed by atoms with Crippen LogP contribution in [0.3, 0.4) is 0 Å². The van der Waals surface area contributed by atoms with E-state index in [0.29, 0.717) is 18.0 Å². The molecule has 4 heteroatoms. The average Bonchev–Trinajstić information content (AvgIpc) is 2.50. The van der Waals surface area contributed by atoms with Crippen LogP contribution in [0.1, 0.15) is 44.6 Å². The molecule has 1 radical (unpaired) electrons. The molecular weight excluding hydrogens is 282 g/mol. The SMILES string of the molecule is [CH2]C(OC(=O)CCCCCC)C(=S)NCc1ccccc1. The van der Waals surface area contributed by atoms with E-state index in [1.165, 1.54) is 0 Å². The van der Waals surface area contributed by atoms with Gasteiger partial charge in [-0.1, -0.05) is 68.7 Å². The van der Waals surface area contributed by atoms with Crippen LogP contribution in [-0.2, 0) is 16.1 Å². The van der Waals surface area contributed by atoms with Gasteiger partial charge in [-0.05, 0) is 18.9 Å². The van der Waals surface area contributed by atoms with E-state index in [1.807, 2.05) is 30.3 Å². The number of nitrogens with one attached hydrogen (secondary N) is 1. The van der Waals surface area contributed by atoms with Crippen molar-refractivity contribution in [2.24, 2.45) is 0 Å². The molecule has 0 saturated heterocycles. The Morgan fingerprint density at radius 3 is 2.67 bits per heavy atom. The van der Waals surface area contributed by atoms with Gasteiger partial charge in [-0.25, -0.2) is 0 Å². The number of unbranched alkanes of at least 4 members (excludes halogenated alkanes) is 3. The van der Waals surface area contributed by atoms with E-state index in [0.717, 1.165) is 31.2 Å². The maximum absolute atomic E-state index is 11.6. The molecule has 0 fully saturated rings. The van der Waals surface area contributed by atoms with Gasteiger partial charge in [-0.15, -0.1) is 0 Å². The topological polar surface area (TPSA) is 38.3 Å². The number of esters is 1. The summed E-state index contributed by atoms with van der Waals surface area (Å²) in [7, 11) is 0. The van der Waals surface area contributed by atoms with Gasteiger partial charge in [0.15, 0.2) is 6.10 Å². The second-order valence-corrected chi connectivity index (χ2v) is 5.43. The second-order valence-electron chi connectivity index (χ2n) is 4.99. The lowest BCUT2D eigenvalue weighted by molar-refractivity contribution is -0.144. The monoisotopic (exact) mass is 306 g/mol. The van der Waals surface area contributed by atoms with Gasteiger partial charge in [-0.3, -0.25) is 4.79 Å². The van der Waals surface area contributed by atoms with E-state index >= 15 is 0 Å². The molecule has 0 spiro atoms. The highest BCUT2D eigenvalue weighted by Gasteiger charge is 2.13.